The summed E-state index contributed by atoms with van der Waals surface area (Å²) in [7, 11) is 1.81. The molecule has 5 nitrogen and oxygen atoms in total. The summed E-state index contributed by atoms with van der Waals surface area (Å²) in [6, 6.07) is 6.33. The van der Waals surface area contributed by atoms with Crippen LogP contribution in [0.1, 0.15) is 36.3 Å². The van der Waals surface area contributed by atoms with Crippen molar-refractivity contribution in [1.82, 2.24) is 24.6 Å². The van der Waals surface area contributed by atoms with E-state index in [9.17, 15) is 22.0 Å². The Morgan fingerprint density at radius 3 is 2.59 bits per heavy atom. The number of halogens is 5. The fourth-order valence-corrected chi connectivity index (χ4v) is 5.14. The fraction of sp³-hybridized carbons (Fsp3) is 0.458. The summed E-state index contributed by atoms with van der Waals surface area (Å²) in [5.74, 6) is -0.0852. The van der Waals surface area contributed by atoms with Crippen LogP contribution >= 0.6 is 0 Å². The van der Waals surface area contributed by atoms with Crippen molar-refractivity contribution in [1.29, 1.82) is 0 Å². The number of piperidine rings is 1. The average molecular weight is 477 g/mol. The molecule has 180 valence electrons. The highest BCUT2D eigenvalue weighted by molar-refractivity contribution is 5.55. The van der Waals surface area contributed by atoms with Crippen molar-refractivity contribution in [2.75, 3.05) is 19.6 Å². The minimum atomic E-state index is -4.42. The highest BCUT2D eigenvalue weighted by Crippen LogP contribution is 2.58. The fourth-order valence-electron chi connectivity index (χ4n) is 5.14. The Balaban J connectivity index is 1.13. The molecule has 2 atom stereocenters. The number of fused-ring (bicyclic) bond motifs is 1. The van der Waals surface area contributed by atoms with Crippen LogP contribution < -0.4 is 0 Å². The van der Waals surface area contributed by atoms with Gasteiger partial charge in [0.15, 0.2) is 17.5 Å². The van der Waals surface area contributed by atoms with Gasteiger partial charge in [-0.25, -0.2) is 8.78 Å². The van der Waals surface area contributed by atoms with Gasteiger partial charge in [-0.1, -0.05) is 6.07 Å². The number of likely N-dealkylation sites (tertiary alicyclic amines) is 1. The summed E-state index contributed by atoms with van der Waals surface area (Å²) in [6.07, 6.45) is 0.520. The molecule has 2 fully saturated rings. The Morgan fingerprint density at radius 2 is 1.88 bits per heavy atom. The molecule has 34 heavy (non-hydrogen) atoms. The van der Waals surface area contributed by atoms with Crippen LogP contribution in [0.3, 0.4) is 0 Å². The normalized spacial score (nSPS) is 22.2. The van der Waals surface area contributed by atoms with Crippen LogP contribution in [0.5, 0.6) is 0 Å². The highest BCUT2D eigenvalue weighted by atomic mass is 19.4. The van der Waals surface area contributed by atoms with Gasteiger partial charge in [0.1, 0.15) is 11.5 Å². The molecular weight excluding hydrogens is 453 g/mol. The number of hydrogen-bond acceptors (Lipinski definition) is 4. The second-order valence-corrected chi connectivity index (χ2v) is 9.31. The first-order valence-electron chi connectivity index (χ1n) is 11.3. The van der Waals surface area contributed by atoms with E-state index in [-0.39, 0.29) is 5.41 Å². The lowest BCUT2D eigenvalue weighted by Gasteiger charge is -2.21. The van der Waals surface area contributed by atoms with Gasteiger partial charge in [0.2, 0.25) is 0 Å². The molecule has 0 amide bonds. The van der Waals surface area contributed by atoms with Gasteiger partial charge >= 0.3 is 6.18 Å². The smallest absolute Gasteiger partial charge is 0.314 e. The lowest BCUT2D eigenvalue weighted by atomic mass is 9.96. The molecule has 2 aromatic heterocycles. The minimum Gasteiger partial charge on any atom is -0.314 e. The van der Waals surface area contributed by atoms with Crippen LogP contribution in [0.25, 0.3) is 11.4 Å². The van der Waals surface area contributed by atoms with E-state index >= 15 is 0 Å². The molecule has 0 N–H and O–H groups in total. The topological polar surface area (TPSA) is 46.8 Å². The number of nitrogens with zero attached hydrogens (tertiary/aromatic N) is 5. The molecule has 1 saturated heterocycles. The maximum atomic E-state index is 13.5. The largest absolute Gasteiger partial charge is 0.433 e. The van der Waals surface area contributed by atoms with Crippen molar-refractivity contribution in [2.45, 2.75) is 37.3 Å². The Labute approximate surface area is 193 Å². The van der Waals surface area contributed by atoms with Gasteiger partial charge in [-0.2, -0.15) is 13.2 Å². The first kappa shape index (κ1) is 22.9. The second-order valence-electron chi connectivity index (χ2n) is 9.31. The third-order valence-electron chi connectivity index (χ3n) is 7.11. The monoisotopic (exact) mass is 477 g/mol. The molecule has 3 heterocycles. The van der Waals surface area contributed by atoms with Gasteiger partial charge in [-0.05, 0) is 61.6 Å². The predicted molar refractivity (Wildman–Crippen MR) is 115 cm³/mol. The van der Waals surface area contributed by atoms with E-state index < -0.39 is 23.5 Å². The maximum Gasteiger partial charge on any atom is 0.433 e. The standard InChI is InChI=1S/C24H24F5N5/c1-33-21(31-32-22(33)15-5-7-18(25)19(26)10-15)4-2-3-9-34-13-17-11-23(17,14-34)16-6-8-20(30-12-16)24(27,28)29/h5-8,10,12,17H,2-4,9,11,13-14H2,1H3. The van der Waals surface area contributed by atoms with Gasteiger partial charge in [0.25, 0.3) is 0 Å². The number of aromatic nitrogens is 4. The minimum absolute atomic E-state index is 0.0555. The number of unbranched alkanes of at least 4 members (excludes halogenated alkanes) is 1. The Bertz CT molecular complexity index is 1190. The summed E-state index contributed by atoms with van der Waals surface area (Å²) in [4.78, 5) is 6.01. The van der Waals surface area contributed by atoms with Gasteiger partial charge in [0, 0.05) is 43.7 Å². The van der Waals surface area contributed by atoms with E-state index in [0.717, 1.165) is 68.5 Å². The van der Waals surface area contributed by atoms with E-state index in [2.05, 4.69) is 20.1 Å². The lowest BCUT2D eigenvalue weighted by Crippen LogP contribution is -2.27. The lowest BCUT2D eigenvalue weighted by molar-refractivity contribution is -0.141. The molecule has 1 aromatic carbocycles. The highest BCUT2D eigenvalue weighted by Gasteiger charge is 2.60. The summed E-state index contributed by atoms with van der Waals surface area (Å²) < 4.78 is 66.9. The Hall–Kier alpha value is -2.88. The average Bonchev–Trinajstić information content (AvgIpc) is 3.17. The quantitative estimate of drug-likeness (QED) is 0.363. The number of pyridine rings is 1. The van der Waals surface area contributed by atoms with Crippen molar-refractivity contribution in [2.24, 2.45) is 13.0 Å². The number of hydrogen-bond donors (Lipinski definition) is 0. The zero-order chi connectivity index (χ0) is 24.1. The van der Waals surface area contributed by atoms with Crippen LogP contribution in [-0.2, 0) is 25.1 Å². The predicted octanol–water partition coefficient (Wildman–Crippen LogP) is 4.77. The van der Waals surface area contributed by atoms with Crippen molar-refractivity contribution < 1.29 is 22.0 Å². The molecule has 2 aliphatic rings. The zero-order valence-electron chi connectivity index (χ0n) is 18.6. The van der Waals surface area contributed by atoms with Crippen LogP contribution in [0, 0.1) is 17.6 Å². The SMILES string of the molecule is Cn1c(CCCCN2CC3CC3(c3ccc(C(F)(F)F)nc3)C2)nnc1-c1ccc(F)c(F)c1. The molecular formula is C24H24F5N5. The summed E-state index contributed by atoms with van der Waals surface area (Å²) in [6.45, 7) is 2.69. The Kier molecular flexibility index (Phi) is 5.66. The molecule has 1 saturated carbocycles. The third-order valence-corrected chi connectivity index (χ3v) is 7.11. The number of alkyl halides is 3. The summed E-state index contributed by atoms with van der Waals surface area (Å²) >= 11 is 0. The van der Waals surface area contributed by atoms with Crippen LogP contribution in [0.4, 0.5) is 22.0 Å². The van der Waals surface area contributed by atoms with Gasteiger partial charge in [-0.15, -0.1) is 10.2 Å². The Morgan fingerprint density at radius 1 is 1.06 bits per heavy atom. The van der Waals surface area contributed by atoms with Gasteiger partial charge in [0.05, 0.1) is 0 Å². The second kappa shape index (κ2) is 8.41. The molecule has 1 aliphatic carbocycles. The van der Waals surface area contributed by atoms with Crippen LogP contribution in [0.15, 0.2) is 36.5 Å². The van der Waals surface area contributed by atoms with Crippen molar-refractivity contribution in [3.05, 3.63) is 65.2 Å². The number of aryl methyl sites for hydroxylation is 1. The van der Waals surface area contributed by atoms with Crippen LogP contribution in [-0.4, -0.2) is 44.3 Å². The molecule has 3 aromatic rings. The third kappa shape index (κ3) is 4.19. The van der Waals surface area contributed by atoms with Crippen LogP contribution in [0.2, 0.25) is 0 Å². The van der Waals surface area contributed by atoms with Crippen molar-refractivity contribution in [3.8, 4) is 11.4 Å². The molecule has 10 heteroatoms. The zero-order valence-corrected chi connectivity index (χ0v) is 18.6. The molecule has 0 spiro atoms. The number of benzene rings is 1. The van der Waals surface area contributed by atoms with E-state index in [1.54, 1.807) is 10.6 Å². The molecule has 1 aliphatic heterocycles. The maximum absolute atomic E-state index is 13.5. The first-order valence-corrected chi connectivity index (χ1v) is 11.3. The van der Waals surface area contributed by atoms with E-state index in [1.807, 2.05) is 7.05 Å². The number of rotatable bonds is 7. The first-order chi connectivity index (χ1) is 16.2. The van der Waals surface area contributed by atoms with Crippen molar-refractivity contribution in [3.63, 3.8) is 0 Å². The van der Waals surface area contributed by atoms with E-state index in [0.29, 0.717) is 23.7 Å². The molecule has 5 rings (SSSR count). The van der Waals surface area contributed by atoms with Crippen molar-refractivity contribution >= 4 is 0 Å². The summed E-state index contributed by atoms with van der Waals surface area (Å²) in [5.41, 5.74) is 0.465. The molecule has 2 unspecified atom stereocenters. The van der Waals surface area contributed by atoms with Gasteiger partial charge in [-0.3, -0.25) is 4.98 Å². The summed E-state index contributed by atoms with van der Waals surface area (Å²) in [5, 5.41) is 8.33. The molecule has 0 bridgehead atoms. The van der Waals surface area contributed by atoms with E-state index in [4.69, 9.17) is 0 Å². The molecule has 0 radical (unpaired) electrons. The van der Waals surface area contributed by atoms with Gasteiger partial charge < -0.3 is 9.47 Å². The van der Waals surface area contributed by atoms with E-state index in [1.165, 1.54) is 12.3 Å².